The molecule has 0 bridgehead atoms. The number of carbonyl (C=O) groups is 2. The molecule has 3 aromatic rings. The van der Waals surface area contributed by atoms with E-state index in [0.29, 0.717) is 26.1 Å². The van der Waals surface area contributed by atoms with E-state index in [0.717, 1.165) is 84.8 Å². The number of benzene rings is 2. The molecule has 1 fully saturated rings. The number of carbonyl (C=O) groups excluding carboxylic acids is 2. The normalized spacial score (nSPS) is 16.1. The molecule has 2 aromatic carbocycles. The number of hydrogen-bond donors (Lipinski definition) is 3. The Bertz CT molecular complexity index is 1240. The van der Waals surface area contributed by atoms with Crippen molar-refractivity contribution in [2.24, 2.45) is 0 Å². The Morgan fingerprint density at radius 1 is 0.925 bits per heavy atom. The maximum absolute atomic E-state index is 13.0. The fourth-order valence-electron chi connectivity index (χ4n) is 4.64. The van der Waals surface area contributed by atoms with Gasteiger partial charge in [0.25, 0.3) is 0 Å². The van der Waals surface area contributed by atoms with Crippen LogP contribution < -0.4 is 16.0 Å². The van der Waals surface area contributed by atoms with Crippen LogP contribution in [0.5, 0.6) is 0 Å². The summed E-state index contributed by atoms with van der Waals surface area (Å²) in [4.78, 5) is 38.1. The van der Waals surface area contributed by atoms with Gasteiger partial charge < -0.3 is 20.7 Å². The first kappa shape index (κ1) is 30.0. The third-order valence-electron chi connectivity index (χ3n) is 6.69. The van der Waals surface area contributed by atoms with Gasteiger partial charge >= 0.3 is 5.97 Å². The summed E-state index contributed by atoms with van der Waals surface area (Å²) >= 11 is 3.46. The molecule has 10 nitrogen and oxygen atoms in total. The van der Waals surface area contributed by atoms with E-state index >= 15 is 0 Å². The predicted molar refractivity (Wildman–Crippen MR) is 161 cm³/mol. The molecule has 11 heteroatoms. The molecule has 0 saturated carbocycles. The Labute approximate surface area is 244 Å². The highest BCUT2D eigenvalue weighted by molar-refractivity contribution is 9.10. The van der Waals surface area contributed by atoms with Crippen LogP contribution in [0.1, 0.15) is 12.5 Å². The van der Waals surface area contributed by atoms with E-state index in [4.69, 9.17) is 4.74 Å². The Hall–Kier alpha value is -2.96. The molecular weight excluding hydrogens is 574 g/mol. The highest BCUT2D eigenvalue weighted by Gasteiger charge is 2.15. The Morgan fingerprint density at radius 2 is 1.57 bits per heavy atom. The second-order valence-corrected chi connectivity index (χ2v) is 10.7. The quantitative estimate of drug-likeness (QED) is 0.312. The lowest BCUT2D eigenvalue weighted by Gasteiger charge is -2.26. The fraction of sp³-hybridized carbons (Fsp3) is 0.448. The number of nitrogens with one attached hydrogen (secondary N) is 3. The van der Waals surface area contributed by atoms with E-state index in [2.05, 4.69) is 51.6 Å². The highest BCUT2D eigenvalue weighted by Crippen LogP contribution is 2.25. The molecule has 1 aliphatic rings. The predicted octanol–water partition coefficient (Wildman–Crippen LogP) is 2.61. The summed E-state index contributed by atoms with van der Waals surface area (Å²) in [5, 5.41) is 11.2. The van der Waals surface area contributed by atoms with Crippen molar-refractivity contribution in [2.75, 3.05) is 77.4 Å². The van der Waals surface area contributed by atoms with Crippen molar-refractivity contribution in [1.82, 2.24) is 30.4 Å². The number of hydrogen-bond acceptors (Lipinski definition) is 10. The standard InChI is InChI=1S/C29H38BrN7O3/c1-2-40-28(39)20-37-15-11-31-9-13-36(14-10-32-12-16-37)19-25(38)17-22-3-8-26-27(18-22)33-21-34-29(26)35-24-6-4-23(30)5-7-24/h3-8,18,21,31-32H,2,9-17,19-20H2,1H3,(H,33,34,35). The minimum atomic E-state index is -0.184. The van der Waals surface area contributed by atoms with Crippen LogP contribution in [0.2, 0.25) is 0 Å². The molecule has 1 saturated heterocycles. The first-order valence-electron chi connectivity index (χ1n) is 13.8. The first-order valence-corrected chi connectivity index (χ1v) is 14.6. The Kier molecular flexibility index (Phi) is 11.8. The van der Waals surface area contributed by atoms with Gasteiger partial charge in [0.15, 0.2) is 5.78 Å². The molecule has 0 amide bonds. The molecule has 1 aromatic heterocycles. The minimum Gasteiger partial charge on any atom is -0.465 e. The molecular formula is C29H38BrN7O3. The van der Waals surface area contributed by atoms with Gasteiger partial charge in [-0.15, -0.1) is 0 Å². The molecule has 40 heavy (non-hydrogen) atoms. The van der Waals surface area contributed by atoms with Gasteiger partial charge in [0, 0.05) is 74.3 Å². The SMILES string of the molecule is CCOC(=O)CN1CCNCCN(CC(=O)Cc2ccc3c(Nc4ccc(Br)cc4)ncnc3c2)CCNCC1. The van der Waals surface area contributed by atoms with Crippen LogP contribution in [0.25, 0.3) is 10.9 Å². The first-order chi connectivity index (χ1) is 19.5. The van der Waals surface area contributed by atoms with Crippen LogP contribution in [-0.2, 0) is 20.7 Å². The molecule has 0 atom stereocenters. The van der Waals surface area contributed by atoms with Crippen LogP contribution in [-0.4, -0.2) is 104 Å². The third kappa shape index (κ3) is 9.60. The van der Waals surface area contributed by atoms with E-state index in [-0.39, 0.29) is 11.8 Å². The number of ether oxygens (including phenoxy) is 1. The molecule has 0 unspecified atom stereocenters. The van der Waals surface area contributed by atoms with Crippen LogP contribution >= 0.6 is 15.9 Å². The largest absolute Gasteiger partial charge is 0.465 e. The number of anilines is 2. The summed E-state index contributed by atoms with van der Waals surface area (Å²) in [6.07, 6.45) is 1.90. The van der Waals surface area contributed by atoms with E-state index in [1.807, 2.05) is 49.4 Å². The summed E-state index contributed by atoms with van der Waals surface area (Å²) in [5.41, 5.74) is 2.68. The molecule has 0 radical (unpaired) electrons. The van der Waals surface area contributed by atoms with Crippen LogP contribution in [0, 0.1) is 0 Å². The van der Waals surface area contributed by atoms with Crippen molar-refractivity contribution in [3.05, 3.63) is 58.8 Å². The van der Waals surface area contributed by atoms with Crippen molar-refractivity contribution in [1.29, 1.82) is 0 Å². The molecule has 214 valence electrons. The van der Waals surface area contributed by atoms with Gasteiger partial charge in [-0.2, -0.15) is 0 Å². The number of ketones is 1. The zero-order valence-corrected chi connectivity index (χ0v) is 24.6. The lowest BCUT2D eigenvalue weighted by Crippen LogP contribution is -2.45. The van der Waals surface area contributed by atoms with Gasteiger partial charge in [0.1, 0.15) is 12.1 Å². The van der Waals surface area contributed by atoms with Gasteiger partial charge in [-0.25, -0.2) is 9.97 Å². The smallest absolute Gasteiger partial charge is 0.320 e. The summed E-state index contributed by atoms with van der Waals surface area (Å²) in [6, 6.07) is 13.9. The van der Waals surface area contributed by atoms with Gasteiger partial charge in [0.2, 0.25) is 0 Å². The minimum absolute atomic E-state index is 0.175. The van der Waals surface area contributed by atoms with Crippen molar-refractivity contribution < 1.29 is 14.3 Å². The number of Topliss-reactive ketones (excluding diaryl/α,β-unsaturated/α-hetero) is 1. The molecule has 0 spiro atoms. The van der Waals surface area contributed by atoms with Crippen molar-refractivity contribution in [2.45, 2.75) is 13.3 Å². The molecule has 0 aliphatic carbocycles. The average molecular weight is 613 g/mol. The van der Waals surface area contributed by atoms with E-state index in [1.54, 1.807) is 6.33 Å². The molecule has 3 N–H and O–H groups in total. The second kappa shape index (κ2) is 15.7. The Balaban J connectivity index is 1.29. The summed E-state index contributed by atoms with van der Waals surface area (Å²) in [7, 11) is 0. The van der Waals surface area contributed by atoms with Gasteiger partial charge in [0.05, 0.1) is 25.2 Å². The van der Waals surface area contributed by atoms with E-state index in [9.17, 15) is 9.59 Å². The van der Waals surface area contributed by atoms with Crippen molar-refractivity contribution >= 4 is 50.1 Å². The van der Waals surface area contributed by atoms with E-state index < -0.39 is 0 Å². The third-order valence-corrected chi connectivity index (χ3v) is 7.22. The van der Waals surface area contributed by atoms with Crippen molar-refractivity contribution in [3.63, 3.8) is 0 Å². The number of aromatic nitrogens is 2. The van der Waals surface area contributed by atoms with Gasteiger partial charge in [-0.1, -0.05) is 22.0 Å². The number of esters is 1. The van der Waals surface area contributed by atoms with Crippen LogP contribution in [0.15, 0.2) is 53.3 Å². The second-order valence-electron chi connectivity index (χ2n) is 9.78. The topological polar surface area (TPSA) is 112 Å². The van der Waals surface area contributed by atoms with Gasteiger partial charge in [-0.05, 0) is 48.9 Å². The molecule has 4 rings (SSSR count). The summed E-state index contributed by atoms with van der Waals surface area (Å²) in [6.45, 7) is 9.14. The number of halogens is 1. The molecule has 2 heterocycles. The lowest BCUT2D eigenvalue weighted by molar-refractivity contribution is -0.144. The zero-order chi connectivity index (χ0) is 28.2. The number of nitrogens with zero attached hydrogens (tertiary/aromatic N) is 4. The molecule has 1 aliphatic heterocycles. The maximum atomic E-state index is 13.0. The van der Waals surface area contributed by atoms with Gasteiger partial charge in [-0.3, -0.25) is 19.4 Å². The van der Waals surface area contributed by atoms with E-state index in [1.165, 1.54) is 0 Å². The lowest BCUT2D eigenvalue weighted by atomic mass is 10.1. The average Bonchev–Trinajstić information content (AvgIpc) is 2.92. The summed E-state index contributed by atoms with van der Waals surface area (Å²) in [5.74, 6) is 0.721. The number of fused-ring (bicyclic) bond motifs is 1. The maximum Gasteiger partial charge on any atom is 0.320 e. The monoisotopic (exact) mass is 611 g/mol. The highest BCUT2D eigenvalue weighted by atomic mass is 79.9. The van der Waals surface area contributed by atoms with Crippen molar-refractivity contribution in [3.8, 4) is 0 Å². The fourth-order valence-corrected chi connectivity index (χ4v) is 4.91. The van der Waals surface area contributed by atoms with Crippen LogP contribution in [0.3, 0.4) is 0 Å². The number of rotatable bonds is 9. The summed E-state index contributed by atoms with van der Waals surface area (Å²) < 4.78 is 6.11. The zero-order valence-electron chi connectivity index (χ0n) is 23.0. The Morgan fingerprint density at radius 3 is 2.23 bits per heavy atom. The van der Waals surface area contributed by atoms with Crippen LogP contribution in [0.4, 0.5) is 11.5 Å².